The van der Waals surface area contributed by atoms with Gasteiger partial charge in [0.05, 0.1) is 6.04 Å². The van der Waals surface area contributed by atoms with E-state index in [2.05, 4.69) is 40.6 Å². The third-order valence-corrected chi connectivity index (χ3v) is 2.78. The zero-order valence-corrected chi connectivity index (χ0v) is 10.5. The van der Waals surface area contributed by atoms with Crippen molar-refractivity contribution in [1.82, 2.24) is 14.5 Å². The fourth-order valence-electron chi connectivity index (χ4n) is 1.77. The summed E-state index contributed by atoms with van der Waals surface area (Å²) in [6.45, 7) is 6.41. The first-order valence-electron chi connectivity index (χ1n) is 5.87. The van der Waals surface area contributed by atoms with E-state index < -0.39 is 0 Å². The minimum absolute atomic E-state index is 0.220. The lowest BCUT2D eigenvalue weighted by Gasteiger charge is -2.17. The minimum Gasteiger partial charge on any atom is -0.349 e. The molecule has 17 heavy (non-hydrogen) atoms. The number of imidazole rings is 1. The Bertz CT molecular complexity index is 461. The van der Waals surface area contributed by atoms with Gasteiger partial charge in [0.25, 0.3) is 0 Å². The Morgan fingerprint density at radius 2 is 1.82 bits per heavy atom. The Morgan fingerprint density at radius 3 is 2.47 bits per heavy atom. The second-order valence-electron chi connectivity index (χ2n) is 4.40. The largest absolute Gasteiger partial charge is 0.349 e. The maximum absolute atomic E-state index is 4.34. The molecule has 2 rings (SSSR count). The van der Waals surface area contributed by atoms with E-state index in [1.807, 2.05) is 36.9 Å². The van der Waals surface area contributed by atoms with Gasteiger partial charge in [-0.3, -0.25) is 4.98 Å². The first-order chi connectivity index (χ1) is 8.18. The summed E-state index contributed by atoms with van der Waals surface area (Å²) in [6.07, 6.45) is 7.43. The fourth-order valence-corrected chi connectivity index (χ4v) is 1.77. The number of nitrogens with zero attached hydrogens (tertiary/aromatic N) is 3. The van der Waals surface area contributed by atoms with E-state index in [0.29, 0.717) is 6.04 Å². The van der Waals surface area contributed by atoms with Crippen molar-refractivity contribution >= 4 is 5.95 Å². The molecule has 1 atom stereocenters. The van der Waals surface area contributed by atoms with Gasteiger partial charge in [-0.2, -0.15) is 0 Å². The highest BCUT2D eigenvalue weighted by molar-refractivity contribution is 5.32. The van der Waals surface area contributed by atoms with Crippen molar-refractivity contribution in [1.29, 1.82) is 0 Å². The van der Waals surface area contributed by atoms with Gasteiger partial charge in [-0.25, -0.2) is 4.98 Å². The van der Waals surface area contributed by atoms with Crippen LogP contribution in [-0.2, 0) is 0 Å². The second kappa shape index (κ2) is 4.99. The summed E-state index contributed by atoms with van der Waals surface area (Å²) in [5, 5.41) is 3.41. The van der Waals surface area contributed by atoms with Crippen molar-refractivity contribution in [3.8, 4) is 0 Å². The van der Waals surface area contributed by atoms with Crippen molar-refractivity contribution in [2.45, 2.75) is 32.9 Å². The lowest BCUT2D eigenvalue weighted by molar-refractivity contribution is 0.600. The summed E-state index contributed by atoms with van der Waals surface area (Å²) in [6, 6.07) is 4.66. The van der Waals surface area contributed by atoms with Crippen LogP contribution in [0.2, 0.25) is 0 Å². The third kappa shape index (κ3) is 2.64. The van der Waals surface area contributed by atoms with Crippen molar-refractivity contribution in [3.63, 3.8) is 0 Å². The van der Waals surface area contributed by atoms with Gasteiger partial charge < -0.3 is 9.88 Å². The first-order valence-corrected chi connectivity index (χ1v) is 5.87. The lowest BCUT2D eigenvalue weighted by atomic mass is 10.1. The minimum atomic E-state index is 0.220. The van der Waals surface area contributed by atoms with E-state index in [1.54, 1.807) is 0 Å². The molecule has 1 N–H and O–H groups in total. The van der Waals surface area contributed by atoms with Gasteiger partial charge in [0.1, 0.15) is 0 Å². The number of anilines is 1. The van der Waals surface area contributed by atoms with Crippen LogP contribution in [0, 0.1) is 0 Å². The highest BCUT2D eigenvalue weighted by Gasteiger charge is 2.10. The molecule has 0 spiro atoms. The molecule has 0 aromatic carbocycles. The molecule has 4 heteroatoms. The molecule has 0 bridgehead atoms. The van der Waals surface area contributed by atoms with Crippen LogP contribution in [0.5, 0.6) is 0 Å². The van der Waals surface area contributed by atoms with Gasteiger partial charge in [-0.1, -0.05) is 0 Å². The maximum Gasteiger partial charge on any atom is 0.203 e. The van der Waals surface area contributed by atoms with Crippen molar-refractivity contribution < 1.29 is 0 Å². The van der Waals surface area contributed by atoms with E-state index in [-0.39, 0.29) is 6.04 Å². The van der Waals surface area contributed by atoms with Crippen LogP contribution < -0.4 is 5.32 Å². The van der Waals surface area contributed by atoms with Crippen LogP contribution >= 0.6 is 0 Å². The Hall–Kier alpha value is -1.84. The molecule has 4 nitrogen and oxygen atoms in total. The molecule has 0 saturated heterocycles. The Balaban J connectivity index is 2.13. The normalized spacial score (nSPS) is 12.7. The molecule has 0 aliphatic carbocycles. The quantitative estimate of drug-likeness (QED) is 0.877. The predicted octanol–water partition coefficient (Wildman–Crippen LogP) is 3.03. The van der Waals surface area contributed by atoms with Crippen molar-refractivity contribution in [2.75, 3.05) is 5.32 Å². The fraction of sp³-hybridized carbons (Fsp3) is 0.385. The Morgan fingerprint density at radius 1 is 1.12 bits per heavy atom. The molecule has 0 aliphatic rings. The highest BCUT2D eigenvalue weighted by Crippen LogP contribution is 2.19. The molecule has 2 aromatic heterocycles. The van der Waals surface area contributed by atoms with Gasteiger partial charge in [-0.05, 0) is 38.5 Å². The molecular weight excluding hydrogens is 212 g/mol. The third-order valence-electron chi connectivity index (χ3n) is 2.78. The number of rotatable bonds is 4. The molecule has 0 saturated carbocycles. The molecule has 0 amide bonds. The van der Waals surface area contributed by atoms with Crippen LogP contribution in [-0.4, -0.2) is 14.5 Å². The number of hydrogen-bond acceptors (Lipinski definition) is 3. The van der Waals surface area contributed by atoms with Crippen LogP contribution in [0.25, 0.3) is 0 Å². The molecule has 0 radical (unpaired) electrons. The number of aromatic nitrogens is 3. The van der Waals surface area contributed by atoms with Gasteiger partial charge in [0, 0.05) is 30.8 Å². The van der Waals surface area contributed by atoms with E-state index in [1.165, 1.54) is 5.56 Å². The smallest absolute Gasteiger partial charge is 0.203 e. The number of hydrogen-bond donors (Lipinski definition) is 1. The summed E-state index contributed by atoms with van der Waals surface area (Å²) in [5.74, 6) is 0.907. The first kappa shape index (κ1) is 11.6. The topological polar surface area (TPSA) is 42.7 Å². The summed E-state index contributed by atoms with van der Waals surface area (Å²) in [4.78, 5) is 8.36. The average molecular weight is 230 g/mol. The summed E-state index contributed by atoms with van der Waals surface area (Å²) in [7, 11) is 0. The van der Waals surface area contributed by atoms with E-state index >= 15 is 0 Å². The molecule has 2 heterocycles. The highest BCUT2D eigenvalue weighted by atomic mass is 15.2. The van der Waals surface area contributed by atoms with E-state index in [4.69, 9.17) is 0 Å². The molecule has 0 aliphatic heterocycles. The molecule has 0 fully saturated rings. The molecule has 1 unspecified atom stereocenters. The van der Waals surface area contributed by atoms with Crippen molar-refractivity contribution in [2.24, 2.45) is 0 Å². The lowest BCUT2D eigenvalue weighted by Crippen LogP contribution is -2.12. The van der Waals surface area contributed by atoms with Gasteiger partial charge in [0.2, 0.25) is 5.95 Å². The zero-order valence-electron chi connectivity index (χ0n) is 10.5. The summed E-state index contributed by atoms with van der Waals surface area (Å²) in [5.41, 5.74) is 1.21. The number of nitrogens with one attached hydrogen (secondary N) is 1. The Kier molecular flexibility index (Phi) is 3.42. The number of pyridine rings is 1. The standard InChI is InChI=1S/C13H18N4/c1-10(2)17-9-8-15-13(17)16-11(3)12-4-6-14-7-5-12/h4-11H,1-3H3,(H,15,16). The molecule has 90 valence electrons. The summed E-state index contributed by atoms with van der Waals surface area (Å²) < 4.78 is 2.12. The maximum atomic E-state index is 4.34. The Labute approximate surface area is 102 Å². The molecule has 2 aromatic rings. The SMILES string of the molecule is CC(Nc1nccn1C(C)C)c1ccncc1. The summed E-state index contributed by atoms with van der Waals surface area (Å²) >= 11 is 0. The van der Waals surface area contributed by atoms with Crippen LogP contribution in [0.4, 0.5) is 5.95 Å². The zero-order chi connectivity index (χ0) is 12.3. The van der Waals surface area contributed by atoms with Crippen LogP contribution in [0.1, 0.15) is 38.4 Å². The average Bonchev–Trinajstić information content (AvgIpc) is 2.78. The van der Waals surface area contributed by atoms with E-state index in [9.17, 15) is 0 Å². The van der Waals surface area contributed by atoms with Crippen LogP contribution in [0.3, 0.4) is 0 Å². The van der Waals surface area contributed by atoms with Crippen molar-refractivity contribution in [3.05, 3.63) is 42.5 Å². The van der Waals surface area contributed by atoms with Crippen LogP contribution in [0.15, 0.2) is 36.9 Å². The molecular formula is C13H18N4. The van der Waals surface area contributed by atoms with Gasteiger partial charge in [-0.15, -0.1) is 0 Å². The van der Waals surface area contributed by atoms with Gasteiger partial charge in [0.15, 0.2) is 0 Å². The second-order valence-corrected chi connectivity index (χ2v) is 4.40. The van der Waals surface area contributed by atoms with Gasteiger partial charge >= 0.3 is 0 Å². The monoisotopic (exact) mass is 230 g/mol. The predicted molar refractivity (Wildman–Crippen MR) is 68.9 cm³/mol. The van der Waals surface area contributed by atoms with E-state index in [0.717, 1.165) is 5.95 Å².